The lowest BCUT2D eigenvalue weighted by atomic mass is 9.92. The van der Waals surface area contributed by atoms with Crippen LogP contribution in [0, 0.1) is 6.92 Å². The van der Waals surface area contributed by atoms with E-state index in [0.29, 0.717) is 0 Å². The summed E-state index contributed by atoms with van der Waals surface area (Å²) < 4.78 is 0. The van der Waals surface area contributed by atoms with Crippen LogP contribution in [-0.4, -0.2) is 0 Å². The van der Waals surface area contributed by atoms with Crippen LogP contribution in [0.4, 0.5) is 0 Å². The Morgan fingerprint density at radius 3 is 2.33 bits per heavy atom. The topological polar surface area (TPSA) is 0 Å². The molecule has 0 amide bonds. The van der Waals surface area contributed by atoms with E-state index in [-0.39, 0.29) is 0 Å². The molecule has 0 aliphatic carbocycles. The van der Waals surface area contributed by atoms with Gasteiger partial charge in [0.05, 0.1) is 0 Å². The average molecular weight is 238 g/mol. The largest absolute Gasteiger partial charge is 0.0654 e. The van der Waals surface area contributed by atoms with Crippen LogP contribution in [0.1, 0.15) is 37.3 Å². The Morgan fingerprint density at radius 2 is 1.61 bits per heavy atom. The molecule has 0 aliphatic heterocycles. The van der Waals surface area contributed by atoms with E-state index >= 15 is 0 Å². The Hall–Kier alpha value is -1.56. The molecule has 0 heterocycles. The molecule has 0 N–H and O–H groups in total. The Bertz CT molecular complexity index is 483. The van der Waals surface area contributed by atoms with Gasteiger partial charge in [0.2, 0.25) is 0 Å². The minimum atomic E-state index is 1.19. The molecule has 0 radical (unpaired) electrons. The number of aryl methyl sites for hydroxylation is 2. The van der Waals surface area contributed by atoms with Gasteiger partial charge in [0.1, 0.15) is 0 Å². The second-order valence-corrected chi connectivity index (χ2v) is 4.93. The first-order valence-corrected chi connectivity index (χ1v) is 6.97. The second kappa shape index (κ2) is 6.39. The summed E-state index contributed by atoms with van der Waals surface area (Å²) in [6.45, 7) is 4.47. The zero-order valence-corrected chi connectivity index (χ0v) is 11.4. The van der Waals surface area contributed by atoms with E-state index in [9.17, 15) is 0 Å². The van der Waals surface area contributed by atoms with Crippen molar-refractivity contribution in [3.05, 3.63) is 59.7 Å². The molecule has 0 spiro atoms. The fraction of sp³-hybridized carbons (Fsp3) is 0.333. The Kier molecular flexibility index (Phi) is 4.58. The van der Waals surface area contributed by atoms with E-state index in [4.69, 9.17) is 0 Å². The van der Waals surface area contributed by atoms with Crippen molar-refractivity contribution < 1.29 is 0 Å². The van der Waals surface area contributed by atoms with Crippen molar-refractivity contribution in [2.24, 2.45) is 0 Å². The van der Waals surface area contributed by atoms with Crippen molar-refractivity contribution in [1.29, 1.82) is 0 Å². The highest BCUT2D eigenvalue weighted by atomic mass is 14.1. The number of benzene rings is 2. The molecule has 18 heavy (non-hydrogen) atoms. The zero-order chi connectivity index (χ0) is 12.8. The third kappa shape index (κ3) is 3.01. The van der Waals surface area contributed by atoms with Crippen molar-refractivity contribution >= 4 is 0 Å². The summed E-state index contributed by atoms with van der Waals surface area (Å²) in [6, 6.07) is 17.4. The maximum absolute atomic E-state index is 2.28. The van der Waals surface area contributed by atoms with Gasteiger partial charge in [0.25, 0.3) is 0 Å². The molecule has 0 saturated heterocycles. The van der Waals surface area contributed by atoms with Crippen LogP contribution < -0.4 is 0 Å². The predicted octanol–water partition coefficient (Wildman–Crippen LogP) is 5.39. The van der Waals surface area contributed by atoms with Gasteiger partial charge in [-0.05, 0) is 42.0 Å². The molecule has 0 saturated carbocycles. The zero-order valence-electron chi connectivity index (χ0n) is 11.4. The monoisotopic (exact) mass is 238 g/mol. The molecule has 0 aliphatic rings. The van der Waals surface area contributed by atoms with Gasteiger partial charge >= 0.3 is 0 Å². The SMILES string of the molecule is CCCCCc1cccc(C)c1-c1ccccc1. The summed E-state index contributed by atoms with van der Waals surface area (Å²) in [5, 5.41) is 0. The molecule has 2 aromatic rings. The van der Waals surface area contributed by atoms with Crippen molar-refractivity contribution in [2.45, 2.75) is 39.5 Å². The Balaban J connectivity index is 2.33. The third-order valence-electron chi connectivity index (χ3n) is 3.47. The van der Waals surface area contributed by atoms with Crippen LogP contribution >= 0.6 is 0 Å². The first-order chi connectivity index (χ1) is 8.83. The van der Waals surface area contributed by atoms with Crippen LogP contribution in [0.5, 0.6) is 0 Å². The third-order valence-corrected chi connectivity index (χ3v) is 3.47. The van der Waals surface area contributed by atoms with E-state index in [0.717, 1.165) is 0 Å². The Morgan fingerprint density at radius 1 is 0.833 bits per heavy atom. The second-order valence-electron chi connectivity index (χ2n) is 4.93. The van der Waals surface area contributed by atoms with Gasteiger partial charge < -0.3 is 0 Å². The molecule has 94 valence electrons. The highest BCUT2D eigenvalue weighted by Crippen LogP contribution is 2.28. The predicted molar refractivity (Wildman–Crippen MR) is 79.8 cm³/mol. The van der Waals surface area contributed by atoms with E-state index in [2.05, 4.69) is 62.4 Å². The summed E-state index contributed by atoms with van der Waals surface area (Å²) in [4.78, 5) is 0. The van der Waals surface area contributed by atoms with Crippen LogP contribution in [-0.2, 0) is 6.42 Å². The lowest BCUT2D eigenvalue weighted by Crippen LogP contribution is -1.93. The van der Waals surface area contributed by atoms with Gasteiger partial charge in [-0.1, -0.05) is 68.3 Å². The van der Waals surface area contributed by atoms with Crippen LogP contribution in [0.25, 0.3) is 11.1 Å². The molecular weight excluding hydrogens is 216 g/mol. The highest BCUT2D eigenvalue weighted by molar-refractivity contribution is 5.70. The molecule has 0 unspecified atom stereocenters. The first kappa shape index (κ1) is 12.9. The average Bonchev–Trinajstić information content (AvgIpc) is 2.40. The molecule has 0 atom stereocenters. The van der Waals surface area contributed by atoms with E-state index < -0.39 is 0 Å². The van der Waals surface area contributed by atoms with Crippen molar-refractivity contribution in [3.63, 3.8) is 0 Å². The maximum atomic E-state index is 2.28. The van der Waals surface area contributed by atoms with Gasteiger partial charge in [-0.25, -0.2) is 0 Å². The summed E-state index contributed by atoms with van der Waals surface area (Å²) in [7, 11) is 0. The molecule has 0 bridgehead atoms. The minimum Gasteiger partial charge on any atom is -0.0654 e. The van der Waals surface area contributed by atoms with Crippen molar-refractivity contribution in [3.8, 4) is 11.1 Å². The summed E-state index contributed by atoms with van der Waals surface area (Å²) in [6.07, 6.45) is 5.09. The number of rotatable bonds is 5. The number of hydrogen-bond donors (Lipinski definition) is 0. The van der Waals surface area contributed by atoms with Crippen molar-refractivity contribution in [1.82, 2.24) is 0 Å². The standard InChI is InChI=1S/C18H22/c1-3-4-6-11-17-14-9-10-15(2)18(17)16-12-7-5-8-13-16/h5,7-10,12-14H,3-4,6,11H2,1-2H3. The maximum Gasteiger partial charge on any atom is -0.0123 e. The first-order valence-electron chi connectivity index (χ1n) is 6.97. The molecule has 0 aromatic heterocycles. The van der Waals surface area contributed by atoms with Crippen LogP contribution in [0.3, 0.4) is 0 Å². The summed E-state index contributed by atoms with van der Waals surface area (Å²) >= 11 is 0. The molecule has 0 nitrogen and oxygen atoms in total. The molecule has 0 heteroatoms. The van der Waals surface area contributed by atoms with Crippen LogP contribution in [0.15, 0.2) is 48.5 Å². The van der Waals surface area contributed by atoms with Gasteiger partial charge in [-0.15, -0.1) is 0 Å². The Labute approximate surface area is 111 Å². The molecule has 2 aromatic carbocycles. The van der Waals surface area contributed by atoms with E-state index in [1.165, 1.54) is 47.9 Å². The number of hydrogen-bond acceptors (Lipinski definition) is 0. The number of unbranched alkanes of at least 4 members (excludes halogenated alkanes) is 2. The van der Waals surface area contributed by atoms with Gasteiger partial charge in [0, 0.05) is 0 Å². The highest BCUT2D eigenvalue weighted by Gasteiger charge is 2.07. The lowest BCUT2D eigenvalue weighted by molar-refractivity contribution is 0.718. The fourth-order valence-corrected chi connectivity index (χ4v) is 2.52. The van der Waals surface area contributed by atoms with E-state index in [1.807, 2.05) is 0 Å². The minimum absolute atomic E-state index is 1.19. The normalized spacial score (nSPS) is 10.6. The summed E-state index contributed by atoms with van der Waals surface area (Å²) in [5.74, 6) is 0. The molecule has 0 fully saturated rings. The van der Waals surface area contributed by atoms with Gasteiger partial charge in [-0.3, -0.25) is 0 Å². The fourth-order valence-electron chi connectivity index (χ4n) is 2.52. The molecule has 2 rings (SSSR count). The summed E-state index contributed by atoms with van der Waals surface area (Å²) in [5.41, 5.74) is 5.67. The lowest BCUT2D eigenvalue weighted by Gasteiger charge is -2.13. The smallest absolute Gasteiger partial charge is 0.0123 e. The van der Waals surface area contributed by atoms with Crippen LogP contribution in [0.2, 0.25) is 0 Å². The van der Waals surface area contributed by atoms with Gasteiger partial charge in [-0.2, -0.15) is 0 Å². The molecular formula is C18H22. The quantitative estimate of drug-likeness (QED) is 0.612. The van der Waals surface area contributed by atoms with E-state index in [1.54, 1.807) is 0 Å². The van der Waals surface area contributed by atoms with Crippen molar-refractivity contribution in [2.75, 3.05) is 0 Å². The van der Waals surface area contributed by atoms with Gasteiger partial charge in [0.15, 0.2) is 0 Å².